The van der Waals surface area contributed by atoms with Gasteiger partial charge >= 0.3 is 0 Å². The van der Waals surface area contributed by atoms with Crippen LogP contribution in [-0.2, 0) is 4.79 Å². The van der Waals surface area contributed by atoms with Crippen molar-refractivity contribution in [2.24, 2.45) is 5.73 Å². The maximum absolute atomic E-state index is 11.7. The highest BCUT2D eigenvalue weighted by Gasteiger charge is 2.10. The van der Waals surface area contributed by atoms with E-state index in [1.54, 1.807) is 25.3 Å². The maximum atomic E-state index is 11.7. The van der Waals surface area contributed by atoms with Crippen molar-refractivity contribution >= 4 is 36.4 Å². The fraction of sp³-hybridized carbons (Fsp3) is 0.273. The highest BCUT2D eigenvalue weighted by molar-refractivity contribution is 5.92. The van der Waals surface area contributed by atoms with E-state index in [4.69, 9.17) is 5.73 Å². The fourth-order valence-electron chi connectivity index (χ4n) is 1.49. The van der Waals surface area contributed by atoms with E-state index in [0.717, 1.165) is 0 Å². The maximum Gasteiger partial charge on any atom is 0.226 e. The standard InChI is InChI=1S/C11H14N6O.2ClH/c1-8(12)5-10(18)16-9-3-2-4-14-11(9)17-7-13-6-15-17;;/h2-4,6-8H,5,12H2,1H3,(H,16,18);2*1H. The van der Waals surface area contributed by atoms with Crippen LogP contribution < -0.4 is 11.1 Å². The molecule has 1 amide bonds. The molecular formula is C11H16Cl2N6O. The number of hydrogen-bond donors (Lipinski definition) is 2. The molecule has 2 aromatic rings. The molecule has 0 radical (unpaired) electrons. The Balaban J connectivity index is 0.00000180. The molecule has 110 valence electrons. The second-order valence-corrected chi connectivity index (χ2v) is 3.94. The molecule has 0 fully saturated rings. The number of halogens is 2. The van der Waals surface area contributed by atoms with Crippen molar-refractivity contribution < 1.29 is 4.79 Å². The molecule has 2 heterocycles. The first-order chi connectivity index (χ1) is 8.66. The Morgan fingerprint density at radius 3 is 2.85 bits per heavy atom. The predicted molar refractivity (Wildman–Crippen MR) is 80.5 cm³/mol. The monoisotopic (exact) mass is 318 g/mol. The largest absolute Gasteiger partial charge is 0.327 e. The SMILES string of the molecule is CC(N)CC(=O)Nc1cccnc1-n1cncn1.Cl.Cl. The molecule has 2 rings (SSSR count). The molecule has 0 saturated heterocycles. The average Bonchev–Trinajstić information content (AvgIpc) is 2.81. The van der Waals surface area contributed by atoms with E-state index in [2.05, 4.69) is 20.4 Å². The number of pyridine rings is 1. The quantitative estimate of drug-likeness (QED) is 0.882. The van der Waals surface area contributed by atoms with Gasteiger partial charge in [0.25, 0.3) is 0 Å². The summed E-state index contributed by atoms with van der Waals surface area (Å²) in [6, 6.07) is 3.31. The van der Waals surface area contributed by atoms with Crippen molar-refractivity contribution in [2.75, 3.05) is 5.32 Å². The van der Waals surface area contributed by atoms with Crippen LogP contribution in [0, 0.1) is 0 Å². The first-order valence-electron chi connectivity index (χ1n) is 5.52. The molecule has 7 nitrogen and oxygen atoms in total. The number of carbonyl (C=O) groups is 1. The third-order valence-corrected chi connectivity index (χ3v) is 2.20. The molecule has 0 aromatic carbocycles. The van der Waals surface area contributed by atoms with E-state index < -0.39 is 0 Å². The van der Waals surface area contributed by atoms with E-state index in [-0.39, 0.29) is 43.2 Å². The molecule has 0 aliphatic rings. The van der Waals surface area contributed by atoms with Crippen LogP contribution in [0.25, 0.3) is 5.82 Å². The fourth-order valence-corrected chi connectivity index (χ4v) is 1.49. The second kappa shape index (κ2) is 8.47. The van der Waals surface area contributed by atoms with E-state index in [1.165, 1.54) is 17.3 Å². The molecule has 1 unspecified atom stereocenters. The number of aromatic nitrogens is 4. The topological polar surface area (TPSA) is 98.7 Å². The zero-order valence-electron chi connectivity index (χ0n) is 10.8. The Hall–Kier alpha value is -1.70. The van der Waals surface area contributed by atoms with E-state index in [0.29, 0.717) is 11.5 Å². The summed E-state index contributed by atoms with van der Waals surface area (Å²) < 4.78 is 1.49. The molecule has 0 saturated carbocycles. The Morgan fingerprint density at radius 1 is 1.50 bits per heavy atom. The van der Waals surface area contributed by atoms with Gasteiger partial charge in [-0.15, -0.1) is 24.8 Å². The van der Waals surface area contributed by atoms with E-state index in [9.17, 15) is 4.79 Å². The van der Waals surface area contributed by atoms with Gasteiger partial charge in [0.05, 0.1) is 5.69 Å². The van der Waals surface area contributed by atoms with Crippen molar-refractivity contribution in [1.82, 2.24) is 19.7 Å². The van der Waals surface area contributed by atoms with Crippen LogP contribution in [0.4, 0.5) is 5.69 Å². The molecule has 3 N–H and O–H groups in total. The molecule has 0 aliphatic carbocycles. The van der Waals surface area contributed by atoms with E-state index >= 15 is 0 Å². The number of hydrogen-bond acceptors (Lipinski definition) is 5. The summed E-state index contributed by atoms with van der Waals surface area (Å²) in [5.74, 6) is 0.368. The van der Waals surface area contributed by atoms with Gasteiger partial charge in [-0.1, -0.05) is 0 Å². The van der Waals surface area contributed by atoms with Gasteiger partial charge in [0.2, 0.25) is 5.91 Å². The lowest BCUT2D eigenvalue weighted by Crippen LogP contribution is -2.24. The van der Waals surface area contributed by atoms with Gasteiger partial charge in [-0.25, -0.2) is 14.6 Å². The second-order valence-electron chi connectivity index (χ2n) is 3.94. The lowest BCUT2D eigenvalue weighted by atomic mass is 10.2. The van der Waals surface area contributed by atoms with Crippen LogP contribution in [0.3, 0.4) is 0 Å². The average molecular weight is 319 g/mol. The number of nitrogens with two attached hydrogens (primary N) is 1. The molecule has 0 aliphatic heterocycles. The zero-order chi connectivity index (χ0) is 13.0. The molecular weight excluding hydrogens is 303 g/mol. The van der Waals surface area contributed by atoms with Gasteiger partial charge in [0, 0.05) is 18.7 Å². The van der Waals surface area contributed by atoms with Crippen molar-refractivity contribution in [3.05, 3.63) is 31.0 Å². The van der Waals surface area contributed by atoms with Crippen molar-refractivity contribution in [3.63, 3.8) is 0 Å². The molecule has 2 aromatic heterocycles. The third-order valence-electron chi connectivity index (χ3n) is 2.20. The predicted octanol–water partition coefficient (Wildman–Crippen LogP) is 1.18. The first kappa shape index (κ1) is 18.3. The number of nitrogens with one attached hydrogen (secondary N) is 1. The summed E-state index contributed by atoms with van der Waals surface area (Å²) in [5.41, 5.74) is 6.15. The minimum absolute atomic E-state index is 0. The molecule has 0 spiro atoms. The summed E-state index contributed by atoms with van der Waals surface area (Å²) in [6.07, 6.45) is 4.80. The highest BCUT2D eigenvalue weighted by atomic mass is 35.5. The number of amides is 1. The summed E-state index contributed by atoms with van der Waals surface area (Å²) in [4.78, 5) is 19.7. The van der Waals surface area contributed by atoms with Crippen molar-refractivity contribution in [2.45, 2.75) is 19.4 Å². The summed E-state index contributed by atoms with van der Waals surface area (Å²) in [6.45, 7) is 1.78. The van der Waals surface area contributed by atoms with Crippen molar-refractivity contribution in [3.8, 4) is 5.82 Å². The Labute approximate surface area is 128 Å². The van der Waals surface area contributed by atoms with Crippen LogP contribution in [0.1, 0.15) is 13.3 Å². The number of nitrogens with zero attached hydrogens (tertiary/aromatic N) is 4. The summed E-state index contributed by atoms with van der Waals surface area (Å²) >= 11 is 0. The van der Waals surface area contributed by atoms with Gasteiger partial charge in [-0.3, -0.25) is 4.79 Å². The summed E-state index contributed by atoms with van der Waals surface area (Å²) in [5, 5.41) is 6.74. The van der Waals surface area contributed by atoms with Gasteiger partial charge in [-0.2, -0.15) is 5.10 Å². The lowest BCUT2D eigenvalue weighted by Gasteiger charge is -2.10. The number of rotatable bonds is 4. The van der Waals surface area contributed by atoms with Crippen LogP contribution in [0.15, 0.2) is 31.0 Å². The van der Waals surface area contributed by atoms with Crippen LogP contribution >= 0.6 is 24.8 Å². The Kier molecular flexibility index (Phi) is 7.75. The van der Waals surface area contributed by atoms with Crippen LogP contribution in [0.5, 0.6) is 0 Å². The van der Waals surface area contributed by atoms with Crippen LogP contribution in [0.2, 0.25) is 0 Å². The minimum Gasteiger partial charge on any atom is -0.327 e. The van der Waals surface area contributed by atoms with Gasteiger partial charge in [-0.05, 0) is 19.1 Å². The smallest absolute Gasteiger partial charge is 0.226 e. The molecule has 0 bridgehead atoms. The molecule has 20 heavy (non-hydrogen) atoms. The van der Waals surface area contributed by atoms with Gasteiger partial charge in [0.15, 0.2) is 5.82 Å². The zero-order valence-corrected chi connectivity index (χ0v) is 12.4. The van der Waals surface area contributed by atoms with Crippen LogP contribution in [-0.4, -0.2) is 31.7 Å². The Morgan fingerprint density at radius 2 is 2.25 bits per heavy atom. The highest BCUT2D eigenvalue weighted by Crippen LogP contribution is 2.15. The molecule has 9 heteroatoms. The first-order valence-corrected chi connectivity index (χ1v) is 5.52. The Bertz CT molecular complexity index is 531. The van der Waals surface area contributed by atoms with E-state index in [1.807, 2.05) is 0 Å². The number of anilines is 1. The summed E-state index contributed by atoms with van der Waals surface area (Å²) in [7, 11) is 0. The van der Waals surface area contributed by atoms with Crippen molar-refractivity contribution in [1.29, 1.82) is 0 Å². The van der Waals surface area contributed by atoms with Gasteiger partial charge < -0.3 is 11.1 Å². The third kappa shape index (κ3) is 4.76. The molecule has 1 atom stereocenters. The minimum atomic E-state index is -0.184. The normalized spacial score (nSPS) is 10.9. The lowest BCUT2D eigenvalue weighted by molar-refractivity contribution is -0.116. The number of carbonyl (C=O) groups excluding carboxylic acids is 1. The van der Waals surface area contributed by atoms with Gasteiger partial charge in [0.1, 0.15) is 12.7 Å².